The third-order valence-electron chi connectivity index (χ3n) is 4.13. The van der Waals surface area contributed by atoms with Crippen molar-refractivity contribution >= 4 is 29.1 Å². The van der Waals surface area contributed by atoms with E-state index in [-0.39, 0.29) is 5.56 Å². The Morgan fingerprint density at radius 2 is 1.65 bits per heavy atom. The topological polar surface area (TPSA) is 87.1 Å². The molecular weight excluding hydrogens is 328 g/mol. The van der Waals surface area contributed by atoms with Crippen molar-refractivity contribution in [1.82, 2.24) is 9.97 Å². The maximum absolute atomic E-state index is 11.4. The average Bonchev–Trinajstić information content (AvgIpc) is 2.59. The number of benzene rings is 2. The third-order valence-corrected chi connectivity index (χ3v) is 4.13. The quantitative estimate of drug-likeness (QED) is 0.625. The fourth-order valence-electron chi connectivity index (χ4n) is 2.61. The van der Waals surface area contributed by atoms with Crippen LogP contribution < -0.4 is 10.6 Å². The molecule has 0 bridgehead atoms. The highest BCUT2D eigenvalue weighted by molar-refractivity contribution is 5.95. The minimum atomic E-state index is -0.993. The van der Waals surface area contributed by atoms with Crippen LogP contribution >= 0.6 is 0 Å². The number of para-hydroxylation sites is 1. The number of nitrogens with one attached hydrogen (secondary N) is 2. The summed E-state index contributed by atoms with van der Waals surface area (Å²) in [5.74, 6) is -0.0133. The zero-order chi connectivity index (χ0) is 18.7. The zero-order valence-corrected chi connectivity index (χ0v) is 14.9. The van der Waals surface area contributed by atoms with Gasteiger partial charge in [-0.1, -0.05) is 24.3 Å². The molecule has 0 aliphatic rings. The molecule has 0 fully saturated rings. The minimum absolute atomic E-state index is 0.188. The van der Waals surface area contributed by atoms with Crippen molar-refractivity contribution in [3.8, 4) is 0 Å². The van der Waals surface area contributed by atoms with E-state index in [2.05, 4.69) is 20.6 Å². The first-order valence-electron chi connectivity index (χ1n) is 8.22. The Morgan fingerprint density at radius 3 is 2.42 bits per heavy atom. The maximum Gasteiger partial charge on any atom is 0.337 e. The fourth-order valence-corrected chi connectivity index (χ4v) is 2.61. The van der Waals surface area contributed by atoms with Crippen molar-refractivity contribution in [2.75, 3.05) is 10.6 Å². The summed E-state index contributed by atoms with van der Waals surface area (Å²) in [5, 5.41) is 15.6. The van der Waals surface area contributed by atoms with Crippen LogP contribution in [-0.4, -0.2) is 21.0 Å². The molecule has 2 aromatic carbocycles. The molecule has 0 spiro atoms. The molecule has 6 heteroatoms. The van der Waals surface area contributed by atoms with Gasteiger partial charge in [-0.3, -0.25) is 0 Å². The van der Waals surface area contributed by atoms with Gasteiger partial charge in [0.15, 0.2) is 0 Å². The van der Waals surface area contributed by atoms with Crippen LogP contribution in [-0.2, 0) is 0 Å². The largest absolute Gasteiger partial charge is 0.478 e. The number of carboxylic acid groups (broad SMARTS) is 1. The number of aromatic carboxylic acids is 1. The van der Waals surface area contributed by atoms with Gasteiger partial charge in [-0.15, -0.1) is 0 Å². The van der Waals surface area contributed by atoms with Gasteiger partial charge in [0.05, 0.1) is 11.3 Å². The number of rotatable bonds is 5. The van der Waals surface area contributed by atoms with Crippen molar-refractivity contribution in [2.45, 2.75) is 20.8 Å². The summed E-state index contributed by atoms with van der Waals surface area (Å²) < 4.78 is 0. The number of carbonyl (C=O) groups is 1. The summed E-state index contributed by atoms with van der Waals surface area (Å²) in [7, 11) is 0. The zero-order valence-electron chi connectivity index (χ0n) is 14.9. The van der Waals surface area contributed by atoms with Gasteiger partial charge in [0.25, 0.3) is 0 Å². The molecule has 3 aromatic rings. The lowest BCUT2D eigenvalue weighted by molar-refractivity contribution is 0.0698. The van der Waals surface area contributed by atoms with E-state index in [4.69, 9.17) is 0 Å². The van der Waals surface area contributed by atoms with E-state index in [0.29, 0.717) is 17.5 Å². The van der Waals surface area contributed by atoms with E-state index in [1.807, 2.05) is 39.0 Å². The number of nitrogens with zero attached hydrogens (tertiary/aromatic N) is 2. The Balaban J connectivity index is 1.91. The lowest BCUT2D eigenvalue weighted by atomic mass is 10.1. The molecule has 0 aliphatic heterocycles. The highest BCUT2D eigenvalue weighted by Crippen LogP contribution is 2.24. The smallest absolute Gasteiger partial charge is 0.337 e. The normalized spacial score (nSPS) is 10.4. The molecule has 132 valence electrons. The predicted octanol–water partition coefficient (Wildman–Crippen LogP) is 4.59. The van der Waals surface area contributed by atoms with Crippen LogP contribution in [0.25, 0.3) is 0 Å². The molecule has 0 saturated carbocycles. The lowest BCUT2D eigenvalue weighted by Gasteiger charge is -2.13. The molecule has 0 saturated heterocycles. The first-order chi connectivity index (χ1) is 12.4. The average molecular weight is 348 g/mol. The van der Waals surface area contributed by atoms with Crippen LogP contribution in [0.3, 0.4) is 0 Å². The summed E-state index contributed by atoms with van der Waals surface area (Å²) in [6.45, 7) is 5.95. The fraction of sp³-hybridized carbons (Fsp3) is 0.150. The van der Waals surface area contributed by atoms with Gasteiger partial charge < -0.3 is 15.7 Å². The van der Waals surface area contributed by atoms with Crippen LogP contribution in [0.15, 0.2) is 48.5 Å². The Kier molecular flexibility index (Phi) is 4.84. The van der Waals surface area contributed by atoms with E-state index < -0.39 is 5.97 Å². The maximum atomic E-state index is 11.4. The minimum Gasteiger partial charge on any atom is -0.478 e. The second kappa shape index (κ2) is 7.23. The molecule has 3 N–H and O–H groups in total. The Morgan fingerprint density at radius 1 is 0.923 bits per heavy atom. The molecule has 0 unspecified atom stereocenters. The standard InChI is InChI=1S/C20H20N4O2/c1-12-7-6-10-16(14(12)3)23-20-21-13(2)11-18(24-20)22-17-9-5-4-8-15(17)19(25)26/h4-11H,1-3H3,(H,25,26)(H2,21,22,23,24). The summed E-state index contributed by atoms with van der Waals surface area (Å²) in [6.07, 6.45) is 0. The number of aromatic nitrogens is 2. The molecule has 6 nitrogen and oxygen atoms in total. The number of anilines is 4. The van der Waals surface area contributed by atoms with Crippen LogP contribution in [0.1, 0.15) is 27.2 Å². The lowest BCUT2D eigenvalue weighted by Crippen LogP contribution is -2.06. The van der Waals surface area contributed by atoms with Gasteiger partial charge >= 0.3 is 5.97 Å². The highest BCUT2D eigenvalue weighted by Gasteiger charge is 2.11. The van der Waals surface area contributed by atoms with Gasteiger partial charge in [-0.25, -0.2) is 9.78 Å². The van der Waals surface area contributed by atoms with Crippen molar-refractivity contribution in [3.63, 3.8) is 0 Å². The number of hydrogen-bond donors (Lipinski definition) is 3. The SMILES string of the molecule is Cc1cc(Nc2ccccc2C(=O)O)nc(Nc2cccc(C)c2C)n1. The Hall–Kier alpha value is -3.41. The van der Waals surface area contributed by atoms with Gasteiger partial charge in [0, 0.05) is 17.4 Å². The van der Waals surface area contributed by atoms with E-state index in [1.165, 1.54) is 5.56 Å². The number of aryl methyl sites for hydroxylation is 2. The highest BCUT2D eigenvalue weighted by atomic mass is 16.4. The first kappa shape index (κ1) is 17.4. The van der Waals surface area contributed by atoms with Crippen LogP contribution in [0, 0.1) is 20.8 Å². The first-order valence-corrected chi connectivity index (χ1v) is 8.22. The van der Waals surface area contributed by atoms with Crippen LogP contribution in [0.4, 0.5) is 23.1 Å². The molecule has 1 heterocycles. The summed E-state index contributed by atoms with van der Waals surface area (Å²) in [6, 6.07) is 14.5. The number of hydrogen-bond acceptors (Lipinski definition) is 5. The predicted molar refractivity (Wildman–Crippen MR) is 103 cm³/mol. The van der Waals surface area contributed by atoms with Crippen LogP contribution in [0.5, 0.6) is 0 Å². The third kappa shape index (κ3) is 3.80. The molecule has 3 rings (SSSR count). The van der Waals surface area contributed by atoms with Gasteiger partial charge in [-0.05, 0) is 50.1 Å². The summed E-state index contributed by atoms with van der Waals surface area (Å²) in [5.41, 5.74) is 4.68. The van der Waals surface area contributed by atoms with E-state index in [9.17, 15) is 9.90 Å². The van der Waals surface area contributed by atoms with E-state index in [1.54, 1.807) is 30.3 Å². The molecule has 0 aliphatic carbocycles. The molecular formula is C20H20N4O2. The summed E-state index contributed by atoms with van der Waals surface area (Å²) in [4.78, 5) is 20.3. The summed E-state index contributed by atoms with van der Waals surface area (Å²) >= 11 is 0. The van der Waals surface area contributed by atoms with Gasteiger partial charge in [-0.2, -0.15) is 4.98 Å². The van der Waals surface area contributed by atoms with Crippen molar-refractivity contribution in [3.05, 3.63) is 70.9 Å². The molecule has 26 heavy (non-hydrogen) atoms. The van der Waals surface area contributed by atoms with Crippen molar-refractivity contribution in [1.29, 1.82) is 0 Å². The second-order valence-electron chi connectivity index (χ2n) is 6.07. The molecule has 1 aromatic heterocycles. The second-order valence-corrected chi connectivity index (χ2v) is 6.07. The molecule has 0 amide bonds. The molecule has 0 radical (unpaired) electrons. The number of carboxylic acids is 1. The van der Waals surface area contributed by atoms with Gasteiger partial charge in [0.2, 0.25) is 5.95 Å². The monoisotopic (exact) mass is 348 g/mol. The Bertz CT molecular complexity index is 970. The molecule has 0 atom stereocenters. The van der Waals surface area contributed by atoms with Crippen molar-refractivity contribution in [2.24, 2.45) is 0 Å². The van der Waals surface area contributed by atoms with Crippen LogP contribution in [0.2, 0.25) is 0 Å². The van der Waals surface area contributed by atoms with Gasteiger partial charge in [0.1, 0.15) is 5.82 Å². The van der Waals surface area contributed by atoms with Crippen molar-refractivity contribution < 1.29 is 9.90 Å². The van der Waals surface area contributed by atoms with E-state index in [0.717, 1.165) is 16.9 Å². The van der Waals surface area contributed by atoms with E-state index >= 15 is 0 Å². The Labute approximate surface area is 152 Å².